The Morgan fingerprint density at radius 3 is 2.78 bits per heavy atom. The second kappa shape index (κ2) is 6.87. The molecule has 1 atom stereocenters. The molecule has 0 aliphatic carbocycles. The van der Waals surface area contributed by atoms with Crippen LogP contribution in [0.5, 0.6) is 11.5 Å². The van der Waals surface area contributed by atoms with Crippen molar-refractivity contribution >= 4 is 22.8 Å². The zero-order valence-electron chi connectivity index (χ0n) is 12.7. The zero-order valence-corrected chi connectivity index (χ0v) is 13.5. The Kier molecular flexibility index (Phi) is 4.67. The first-order valence-corrected chi connectivity index (χ1v) is 8.11. The van der Waals surface area contributed by atoms with Crippen LogP contribution in [0.25, 0.3) is 0 Å². The maximum atomic E-state index is 12.3. The Labute approximate surface area is 138 Å². The van der Waals surface area contributed by atoms with Crippen molar-refractivity contribution < 1.29 is 19.1 Å². The van der Waals surface area contributed by atoms with E-state index in [1.54, 1.807) is 19.2 Å². The third kappa shape index (κ3) is 3.74. The highest BCUT2D eigenvalue weighted by Gasteiger charge is 2.29. The van der Waals surface area contributed by atoms with Crippen LogP contribution in [-0.2, 0) is 9.59 Å². The van der Waals surface area contributed by atoms with E-state index in [1.807, 2.05) is 36.4 Å². The molecule has 0 N–H and O–H groups in total. The molecular formula is C18H16O4S. The molecule has 0 bridgehead atoms. The minimum absolute atomic E-state index is 0.0321. The summed E-state index contributed by atoms with van der Waals surface area (Å²) in [5.41, 5.74) is 0.853. The summed E-state index contributed by atoms with van der Waals surface area (Å²) in [5, 5.41) is 0.0321. The van der Waals surface area contributed by atoms with Crippen LogP contribution in [0.2, 0.25) is 0 Å². The van der Waals surface area contributed by atoms with Gasteiger partial charge in [-0.3, -0.25) is 9.59 Å². The number of hydrogen-bond donors (Lipinski definition) is 0. The number of esters is 1. The molecule has 2 aromatic carbocycles. The van der Waals surface area contributed by atoms with Gasteiger partial charge >= 0.3 is 5.97 Å². The summed E-state index contributed by atoms with van der Waals surface area (Å²) < 4.78 is 10.5. The molecule has 1 heterocycles. The summed E-state index contributed by atoms with van der Waals surface area (Å²) in [7, 11) is 1.59. The van der Waals surface area contributed by atoms with Gasteiger partial charge in [0.05, 0.1) is 13.5 Å². The number of benzene rings is 2. The van der Waals surface area contributed by atoms with Crippen molar-refractivity contribution in [3.8, 4) is 11.5 Å². The number of methoxy groups -OCH3 is 1. The monoisotopic (exact) mass is 328 g/mol. The predicted molar refractivity (Wildman–Crippen MR) is 87.9 cm³/mol. The van der Waals surface area contributed by atoms with Crippen LogP contribution in [0, 0.1) is 0 Å². The summed E-state index contributed by atoms with van der Waals surface area (Å²) in [6, 6.07) is 14.8. The number of rotatable bonds is 4. The van der Waals surface area contributed by atoms with E-state index >= 15 is 0 Å². The van der Waals surface area contributed by atoms with E-state index in [2.05, 4.69) is 0 Å². The highest BCUT2D eigenvalue weighted by molar-refractivity contribution is 8.13. The van der Waals surface area contributed by atoms with E-state index in [4.69, 9.17) is 9.47 Å². The number of fused-ring (bicyclic) bond motifs is 1. The smallest absolute Gasteiger partial charge is 0.311 e. The van der Waals surface area contributed by atoms with E-state index in [0.29, 0.717) is 11.5 Å². The molecule has 0 saturated heterocycles. The van der Waals surface area contributed by atoms with Gasteiger partial charge in [-0.2, -0.15) is 0 Å². The van der Waals surface area contributed by atoms with Crippen molar-refractivity contribution in [2.45, 2.75) is 23.7 Å². The molecule has 0 fully saturated rings. The Bertz CT molecular complexity index is 727. The average Bonchev–Trinajstić information content (AvgIpc) is 2.55. The lowest BCUT2D eigenvalue weighted by molar-refractivity contribution is -0.136. The fourth-order valence-electron chi connectivity index (χ4n) is 2.59. The molecule has 1 unspecified atom stereocenters. The molecule has 4 nitrogen and oxygen atoms in total. The predicted octanol–water partition coefficient (Wildman–Crippen LogP) is 3.80. The minimum Gasteiger partial charge on any atom is -0.497 e. The first-order chi connectivity index (χ1) is 11.2. The van der Waals surface area contributed by atoms with Gasteiger partial charge in [0.15, 0.2) is 5.12 Å². The number of ether oxygens (including phenoxy) is 2. The molecule has 0 radical (unpaired) electrons. The van der Waals surface area contributed by atoms with E-state index in [1.165, 1.54) is 11.8 Å². The summed E-state index contributed by atoms with van der Waals surface area (Å²) in [4.78, 5) is 25.0. The summed E-state index contributed by atoms with van der Waals surface area (Å²) in [6.07, 6.45) is 0.496. The van der Waals surface area contributed by atoms with Crippen molar-refractivity contribution in [1.82, 2.24) is 0 Å². The highest BCUT2D eigenvalue weighted by Crippen LogP contribution is 2.39. The van der Waals surface area contributed by atoms with Crippen LogP contribution in [0.15, 0.2) is 53.4 Å². The molecule has 0 amide bonds. The molecular weight excluding hydrogens is 312 g/mol. The number of thioether (sulfide) groups is 1. The largest absolute Gasteiger partial charge is 0.497 e. The molecule has 1 aliphatic rings. The van der Waals surface area contributed by atoms with Gasteiger partial charge in [-0.25, -0.2) is 0 Å². The highest BCUT2D eigenvalue weighted by atomic mass is 32.2. The third-order valence-corrected chi connectivity index (χ3v) is 4.58. The lowest BCUT2D eigenvalue weighted by atomic mass is 9.90. The van der Waals surface area contributed by atoms with Crippen LogP contribution in [-0.4, -0.2) is 18.2 Å². The topological polar surface area (TPSA) is 52.6 Å². The van der Waals surface area contributed by atoms with E-state index in [9.17, 15) is 9.59 Å². The molecule has 0 aromatic heterocycles. The molecule has 2 aromatic rings. The van der Waals surface area contributed by atoms with Crippen LogP contribution in [0.1, 0.15) is 24.3 Å². The molecule has 0 spiro atoms. The van der Waals surface area contributed by atoms with Crippen LogP contribution < -0.4 is 9.47 Å². The SMILES string of the molecule is COc1ccc2c(c1)C(CC(=O)Sc1ccccc1)CC(=O)O2. The molecule has 3 rings (SSSR count). The van der Waals surface area contributed by atoms with Gasteiger partial charge in [-0.15, -0.1) is 0 Å². The standard InChI is InChI=1S/C18H16O4S/c1-21-13-7-8-16-15(11-13)12(9-17(19)22-16)10-18(20)23-14-5-3-2-4-6-14/h2-8,11-12H,9-10H2,1H3. The normalized spacial score (nSPS) is 16.4. The second-order valence-electron chi connectivity index (χ2n) is 5.27. The fourth-order valence-corrected chi connectivity index (χ4v) is 3.43. The van der Waals surface area contributed by atoms with Gasteiger partial charge < -0.3 is 9.47 Å². The zero-order chi connectivity index (χ0) is 16.2. The molecule has 23 heavy (non-hydrogen) atoms. The van der Waals surface area contributed by atoms with Gasteiger partial charge in [-0.1, -0.05) is 30.0 Å². The van der Waals surface area contributed by atoms with Crippen molar-refractivity contribution in [2.75, 3.05) is 7.11 Å². The quantitative estimate of drug-likeness (QED) is 0.485. The second-order valence-corrected chi connectivity index (χ2v) is 6.40. The van der Waals surface area contributed by atoms with Gasteiger partial charge in [-0.05, 0) is 30.3 Å². The first-order valence-electron chi connectivity index (χ1n) is 7.30. The van der Waals surface area contributed by atoms with Gasteiger partial charge in [0.25, 0.3) is 0 Å². The molecule has 1 aliphatic heterocycles. The van der Waals surface area contributed by atoms with Crippen molar-refractivity contribution in [2.24, 2.45) is 0 Å². The molecule has 0 saturated carbocycles. The lowest BCUT2D eigenvalue weighted by Gasteiger charge is -2.24. The summed E-state index contributed by atoms with van der Waals surface area (Å²) in [5.74, 6) is 0.731. The molecule has 5 heteroatoms. The Hall–Kier alpha value is -2.27. The van der Waals surface area contributed by atoms with Gasteiger partial charge in [0, 0.05) is 22.8 Å². The number of hydrogen-bond acceptors (Lipinski definition) is 5. The first kappa shape index (κ1) is 15.6. The third-order valence-electron chi connectivity index (χ3n) is 3.68. The van der Waals surface area contributed by atoms with E-state index in [0.717, 1.165) is 10.5 Å². The number of carbonyl (C=O) groups excluding carboxylic acids is 2. The van der Waals surface area contributed by atoms with Crippen LogP contribution >= 0.6 is 11.8 Å². The van der Waals surface area contributed by atoms with E-state index < -0.39 is 0 Å². The Balaban J connectivity index is 1.77. The Morgan fingerprint density at radius 1 is 1.26 bits per heavy atom. The van der Waals surface area contributed by atoms with Crippen molar-refractivity contribution in [3.63, 3.8) is 0 Å². The lowest BCUT2D eigenvalue weighted by Crippen LogP contribution is -2.21. The van der Waals surface area contributed by atoms with Crippen molar-refractivity contribution in [1.29, 1.82) is 0 Å². The summed E-state index contributed by atoms with van der Waals surface area (Å²) in [6.45, 7) is 0. The molecule has 118 valence electrons. The fraction of sp³-hybridized carbons (Fsp3) is 0.222. The average molecular weight is 328 g/mol. The van der Waals surface area contributed by atoms with Crippen LogP contribution in [0.4, 0.5) is 0 Å². The Morgan fingerprint density at radius 2 is 2.04 bits per heavy atom. The van der Waals surface area contributed by atoms with Crippen molar-refractivity contribution in [3.05, 3.63) is 54.1 Å². The number of carbonyl (C=O) groups is 2. The van der Waals surface area contributed by atoms with Gasteiger partial charge in [0.2, 0.25) is 0 Å². The maximum Gasteiger partial charge on any atom is 0.311 e. The van der Waals surface area contributed by atoms with Crippen LogP contribution in [0.3, 0.4) is 0 Å². The summed E-state index contributed by atoms with van der Waals surface area (Å²) >= 11 is 1.20. The minimum atomic E-state index is -0.301. The maximum absolute atomic E-state index is 12.3. The van der Waals surface area contributed by atoms with Gasteiger partial charge in [0.1, 0.15) is 11.5 Å². The van der Waals surface area contributed by atoms with E-state index in [-0.39, 0.29) is 29.8 Å².